The Morgan fingerprint density at radius 2 is 1.68 bits per heavy atom. The van der Waals surface area contributed by atoms with Gasteiger partial charge in [0.1, 0.15) is 6.04 Å². The fourth-order valence-electron chi connectivity index (χ4n) is 2.18. The fourth-order valence-corrected chi connectivity index (χ4v) is 2.18. The molecule has 116 valence electrons. The van der Waals surface area contributed by atoms with Crippen molar-refractivity contribution in [2.75, 3.05) is 6.61 Å². The summed E-state index contributed by atoms with van der Waals surface area (Å²) in [6, 6.07) is 8.32. The Kier molecular flexibility index (Phi) is 5.09. The summed E-state index contributed by atoms with van der Waals surface area (Å²) < 4.78 is 5.23. The highest BCUT2D eigenvalue weighted by Gasteiger charge is 2.36. The van der Waals surface area contributed by atoms with Crippen molar-refractivity contribution in [3.63, 3.8) is 0 Å². The van der Waals surface area contributed by atoms with E-state index in [1.165, 1.54) is 12.2 Å². The molecule has 22 heavy (non-hydrogen) atoms. The zero-order valence-electron chi connectivity index (χ0n) is 12.7. The number of amides is 2. The molecular formula is C17H19NO4. The summed E-state index contributed by atoms with van der Waals surface area (Å²) in [5.41, 5.74) is 0.862. The molecule has 2 amide bonds. The average Bonchev–Trinajstić information content (AvgIpc) is 2.82. The highest BCUT2D eigenvalue weighted by Crippen LogP contribution is 2.16. The lowest BCUT2D eigenvalue weighted by atomic mass is 10.0. The van der Waals surface area contributed by atoms with Crippen LogP contribution in [0.1, 0.15) is 19.4 Å². The Hall–Kier alpha value is -2.43. The minimum atomic E-state index is -0.934. The smallest absolute Gasteiger partial charge is 0.329 e. The number of rotatable bonds is 6. The number of nitrogens with zero attached hydrogens (tertiary/aromatic N) is 1. The van der Waals surface area contributed by atoms with Crippen LogP contribution in [0.3, 0.4) is 0 Å². The van der Waals surface area contributed by atoms with Crippen molar-refractivity contribution in [2.45, 2.75) is 26.3 Å². The van der Waals surface area contributed by atoms with Gasteiger partial charge in [-0.25, -0.2) is 4.79 Å². The van der Waals surface area contributed by atoms with Gasteiger partial charge in [0, 0.05) is 18.6 Å². The van der Waals surface area contributed by atoms with Crippen LogP contribution < -0.4 is 0 Å². The Balaban J connectivity index is 2.18. The molecule has 0 radical (unpaired) electrons. The number of imide groups is 1. The summed E-state index contributed by atoms with van der Waals surface area (Å²) >= 11 is 0. The Morgan fingerprint density at radius 1 is 1.09 bits per heavy atom. The zero-order chi connectivity index (χ0) is 16.1. The van der Waals surface area contributed by atoms with Gasteiger partial charge in [0.05, 0.1) is 6.61 Å². The van der Waals surface area contributed by atoms with Crippen LogP contribution in [-0.2, 0) is 25.5 Å². The first kappa shape index (κ1) is 15.9. The van der Waals surface area contributed by atoms with Crippen LogP contribution >= 0.6 is 0 Å². The van der Waals surface area contributed by atoms with Gasteiger partial charge >= 0.3 is 5.97 Å². The topological polar surface area (TPSA) is 63.7 Å². The van der Waals surface area contributed by atoms with Crippen molar-refractivity contribution in [2.24, 2.45) is 5.92 Å². The van der Waals surface area contributed by atoms with Gasteiger partial charge in [-0.15, -0.1) is 0 Å². The maximum atomic E-state index is 12.3. The number of ether oxygens (including phenoxy) is 1. The SMILES string of the molecule is CC(C)COC(=O)C(Cc1ccccc1)N1C(=O)C=CC1=O. The highest BCUT2D eigenvalue weighted by molar-refractivity contribution is 6.14. The molecular weight excluding hydrogens is 282 g/mol. The van der Waals surface area contributed by atoms with Gasteiger partial charge in [0.25, 0.3) is 11.8 Å². The van der Waals surface area contributed by atoms with Crippen LogP contribution in [0, 0.1) is 5.92 Å². The number of hydrogen-bond acceptors (Lipinski definition) is 4. The quantitative estimate of drug-likeness (QED) is 0.593. The maximum Gasteiger partial charge on any atom is 0.329 e. The summed E-state index contributed by atoms with van der Waals surface area (Å²) in [6.45, 7) is 4.11. The first-order valence-corrected chi connectivity index (χ1v) is 7.25. The van der Waals surface area contributed by atoms with Crippen molar-refractivity contribution in [3.05, 3.63) is 48.0 Å². The third-order valence-electron chi connectivity index (χ3n) is 3.26. The standard InChI is InChI=1S/C17H19NO4/c1-12(2)11-22-17(21)14(10-13-6-4-3-5-7-13)18-15(19)8-9-16(18)20/h3-9,12,14H,10-11H2,1-2H3. The van der Waals surface area contributed by atoms with E-state index >= 15 is 0 Å². The second kappa shape index (κ2) is 7.02. The highest BCUT2D eigenvalue weighted by atomic mass is 16.5. The van der Waals surface area contributed by atoms with Crippen LogP contribution in [0.25, 0.3) is 0 Å². The van der Waals surface area contributed by atoms with E-state index in [-0.39, 0.29) is 18.9 Å². The molecule has 1 unspecified atom stereocenters. The summed E-state index contributed by atoms with van der Waals surface area (Å²) in [7, 11) is 0. The molecule has 0 aliphatic carbocycles. The van der Waals surface area contributed by atoms with Gasteiger partial charge in [-0.2, -0.15) is 0 Å². The molecule has 2 rings (SSSR count). The lowest BCUT2D eigenvalue weighted by Crippen LogP contribution is -2.47. The minimum Gasteiger partial charge on any atom is -0.464 e. The number of carbonyl (C=O) groups excluding carboxylic acids is 3. The third-order valence-corrected chi connectivity index (χ3v) is 3.26. The first-order chi connectivity index (χ1) is 10.5. The van der Waals surface area contributed by atoms with Crippen molar-refractivity contribution in [1.82, 2.24) is 4.90 Å². The molecule has 0 bridgehead atoms. The molecule has 0 saturated heterocycles. The van der Waals surface area contributed by atoms with Crippen LogP contribution in [0.15, 0.2) is 42.5 Å². The predicted octanol–water partition coefficient (Wildman–Crippen LogP) is 1.72. The number of esters is 1. The molecule has 1 aromatic carbocycles. The van der Waals surface area contributed by atoms with Crippen LogP contribution in [0.5, 0.6) is 0 Å². The molecule has 1 aromatic rings. The van der Waals surface area contributed by atoms with Crippen LogP contribution in [0.2, 0.25) is 0 Å². The first-order valence-electron chi connectivity index (χ1n) is 7.25. The molecule has 5 nitrogen and oxygen atoms in total. The van der Waals surface area contributed by atoms with Gasteiger partial charge in [0.15, 0.2) is 0 Å². The second-order valence-corrected chi connectivity index (χ2v) is 5.61. The van der Waals surface area contributed by atoms with E-state index < -0.39 is 23.8 Å². The van der Waals surface area contributed by atoms with E-state index in [2.05, 4.69) is 0 Å². The van der Waals surface area contributed by atoms with Crippen LogP contribution in [0.4, 0.5) is 0 Å². The van der Waals surface area contributed by atoms with Gasteiger partial charge in [-0.1, -0.05) is 44.2 Å². The molecule has 1 heterocycles. The molecule has 0 aromatic heterocycles. The summed E-state index contributed by atoms with van der Waals surface area (Å²) in [5, 5.41) is 0. The number of carbonyl (C=O) groups is 3. The Labute approximate surface area is 129 Å². The number of hydrogen-bond donors (Lipinski definition) is 0. The Morgan fingerprint density at radius 3 is 2.23 bits per heavy atom. The van der Waals surface area contributed by atoms with Gasteiger partial charge in [0.2, 0.25) is 0 Å². The molecule has 1 aliphatic heterocycles. The monoisotopic (exact) mass is 301 g/mol. The summed E-state index contributed by atoms with van der Waals surface area (Å²) in [5.74, 6) is -1.33. The molecule has 0 N–H and O–H groups in total. The molecule has 1 atom stereocenters. The molecule has 0 fully saturated rings. The van der Waals surface area contributed by atoms with Crippen molar-refractivity contribution in [3.8, 4) is 0 Å². The van der Waals surface area contributed by atoms with E-state index in [1.807, 2.05) is 44.2 Å². The molecule has 0 saturated carbocycles. The van der Waals surface area contributed by atoms with Gasteiger partial charge in [-0.3, -0.25) is 14.5 Å². The fraction of sp³-hybridized carbons (Fsp3) is 0.353. The Bertz CT molecular complexity index is 574. The maximum absolute atomic E-state index is 12.3. The molecule has 5 heteroatoms. The lowest BCUT2D eigenvalue weighted by molar-refractivity contribution is -0.158. The number of benzene rings is 1. The van der Waals surface area contributed by atoms with Crippen molar-refractivity contribution < 1.29 is 19.1 Å². The predicted molar refractivity (Wildman–Crippen MR) is 80.7 cm³/mol. The second-order valence-electron chi connectivity index (χ2n) is 5.61. The van der Waals surface area contributed by atoms with E-state index in [9.17, 15) is 14.4 Å². The minimum absolute atomic E-state index is 0.185. The molecule has 1 aliphatic rings. The normalized spacial score (nSPS) is 15.5. The van der Waals surface area contributed by atoms with Gasteiger partial charge in [-0.05, 0) is 11.5 Å². The summed E-state index contributed by atoms with van der Waals surface area (Å²) in [4.78, 5) is 37.0. The van der Waals surface area contributed by atoms with Crippen molar-refractivity contribution >= 4 is 17.8 Å². The van der Waals surface area contributed by atoms with Crippen LogP contribution in [-0.4, -0.2) is 35.3 Å². The third kappa shape index (κ3) is 3.81. The van der Waals surface area contributed by atoms with E-state index in [0.29, 0.717) is 0 Å². The van der Waals surface area contributed by atoms with E-state index in [1.54, 1.807) is 0 Å². The van der Waals surface area contributed by atoms with E-state index in [4.69, 9.17) is 4.74 Å². The lowest BCUT2D eigenvalue weighted by Gasteiger charge is -2.25. The van der Waals surface area contributed by atoms with E-state index in [0.717, 1.165) is 10.5 Å². The van der Waals surface area contributed by atoms with Crippen molar-refractivity contribution in [1.29, 1.82) is 0 Å². The molecule has 0 spiro atoms. The summed E-state index contributed by atoms with van der Waals surface area (Å²) in [6.07, 6.45) is 2.60. The average molecular weight is 301 g/mol. The van der Waals surface area contributed by atoms with Gasteiger partial charge < -0.3 is 4.74 Å². The zero-order valence-corrected chi connectivity index (χ0v) is 12.7. The largest absolute Gasteiger partial charge is 0.464 e.